The van der Waals surface area contributed by atoms with Gasteiger partial charge in [0.25, 0.3) is 0 Å². The lowest BCUT2D eigenvalue weighted by molar-refractivity contribution is 0.0705. The highest BCUT2D eigenvalue weighted by molar-refractivity contribution is 5.33. The van der Waals surface area contributed by atoms with Crippen LogP contribution in [0.4, 0.5) is 8.78 Å². The maximum atomic E-state index is 14.8. The van der Waals surface area contributed by atoms with Crippen molar-refractivity contribution in [3.05, 3.63) is 29.3 Å². The summed E-state index contributed by atoms with van der Waals surface area (Å²) in [5, 5.41) is 0. The van der Waals surface area contributed by atoms with E-state index in [1.807, 2.05) is 0 Å². The van der Waals surface area contributed by atoms with Crippen LogP contribution in [0, 0.1) is 41.2 Å². The number of fused-ring (bicyclic) bond motifs is 1. The Labute approximate surface area is 207 Å². The summed E-state index contributed by atoms with van der Waals surface area (Å²) in [6.07, 6.45) is 21.7. The third-order valence-electron chi connectivity index (χ3n) is 9.74. The molecule has 0 spiro atoms. The Morgan fingerprint density at radius 3 is 2.09 bits per heavy atom. The summed E-state index contributed by atoms with van der Waals surface area (Å²) in [5.41, 5.74) is 0.578. The van der Waals surface area contributed by atoms with Gasteiger partial charge < -0.3 is 4.74 Å². The van der Waals surface area contributed by atoms with Crippen molar-refractivity contribution in [2.45, 2.75) is 122 Å². The lowest BCUT2D eigenvalue weighted by Crippen LogP contribution is -2.34. The van der Waals surface area contributed by atoms with Gasteiger partial charge in [-0.15, -0.1) is 0 Å². The summed E-state index contributed by atoms with van der Waals surface area (Å²) in [6.45, 7) is 4.44. The van der Waals surface area contributed by atoms with Gasteiger partial charge in [0, 0.05) is 0 Å². The van der Waals surface area contributed by atoms with Gasteiger partial charge in [0.15, 0.2) is 11.6 Å². The first-order valence-electron chi connectivity index (χ1n) is 14.7. The fourth-order valence-corrected chi connectivity index (χ4v) is 7.75. The zero-order chi connectivity index (χ0) is 23.9. The molecular weight excluding hydrogens is 426 g/mol. The number of hydrogen-bond donors (Lipinski definition) is 0. The van der Waals surface area contributed by atoms with Gasteiger partial charge in [-0.2, -0.15) is 4.39 Å². The van der Waals surface area contributed by atoms with E-state index < -0.39 is 11.6 Å². The molecule has 0 saturated heterocycles. The summed E-state index contributed by atoms with van der Waals surface area (Å²) in [4.78, 5) is 0. The first-order chi connectivity index (χ1) is 16.6. The fourth-order valence-electron chi connectivity index (χ4n) is 7.75. The summed E-state index contributed by atoms with van der Waals surface area (Å²) in [5.74, 6) is 3.10. The average molecular weight is 475 g/mol. The molecule has 0 amide bonds. The van der Waals surface area contributed by atoms with E-state index >= 15 is 0 Å². The van der Waals surface area contributed by atoms with Crippen LogP contribution in [0.5, 0.6) is 5.75 Å². The molecule has 0 aromatic heterocycles. The topological polar surface area (TPSA) is 9.23 Å². The fraction of sp³-hybridized carbons (Fsp3) is 0.806. The quantitative estimate of drug-likeness (QED) is 0.307. The van der Waals surface area contributed by atoms with Gasteiger partial charge in [-0.3, -0.25) is 0 Å². The lowest BCUT2D eigenvalue weighted by atomic mass is 9.60. The van der Waals surface area contributed by atoms with Gasteiger partial charge in [0.05, 0.1) is 6.61 Å². The van der Waals surface area contributed by atoms with Crippen LogP contribution in [0.1, 0.15) is 128 Å². The molecule has 0 aliphatic heterocycles. The zero-order valence-electron chi connectivity index (χ0n) is 21.8. The summed E-state index contributed by atoms with van der Waals surface area (Å²) >= 11 is 0. The Morgan fingerprint density at radius 1 is 0.706 bits per heavy atom. The second-order valence-electron chi connectivity index (χ2n) is 11.8. The van der Waals surface area contributed by atoms with E-state index in [9.17, 15) is 8.78 Å². The predicted octanol–water partition coefficient (Wildman–Crippen LogP) is 9.83. The summed E-state index contributed by atoms with van der Waals surface area (Å²) in [6, 6.07) is 3.41. The van der Waals surface area contributed by atoms with Crippen LogP contribution in [-0.2, 0) is 0 Å². The number of benzene rings is 1. The molecule has 3 heteroatoms. The second kappa shape index (κ2) is 12.7. The molecule has 0 radical (unpaired) electrons. The van der Waals surface area contributed by atoms with Gasteiger partial charge in [-0.25, -0.2) is 4.39 Å². The first kappa shape index (κ1) is 26.0. The molecule has 34 heavy (non-hydrogen) atoms. The van der Waals surface area contributed by atoms with Gasteiger partial charge in [0.2, 0.25) is 5.82 Å². The number of hydrogen-bond acceptors (Lipinski definition) is 1. The molecule has 0 heterocycles. The van der Waals surface area contributed by atoms with Crippen LogP contribution in [-0.4, -0.2) is 6.61 Å². The van der Waals surface area contributed by atoms with E-state index in [4.69, 9.17) is 4.74 Å². The Balaban J connectivity index is 1.23. The van der Waals surface area contributed by atoms with Gasteiger partial charge in [-0.05, 0) is 105 Å². The molecule has 4 atom stereocenters. The van der Waals surface area contributed by atoms with Gasteiger partial charge in [0.1, 0.15) is 0 Å². The minimum absolute atomic E-state index is 0.0455. The maximum absolute atomic E-state index is 14.8. The van der Waals surface area contributed by atoms with Crippen molar-refractivity contribution >= 4 is 0 Å². The van der Waals surface area contributed by atoms with E-state index in [2.05, 4.69) is 6.92 Å². The van der Waals surface area contributed by atoms with Crippen molar-refractivity contribution in [2.24, 2.45) is 29.6 Å². The molecule has 3 fully saturated rings. The number of ether oxygens (including phenoxy) is 1. The number of rotatable bonds is 10. The first-order valence-corrected chi connectivity index (χ1v) is 14.7. The molecule has 0 N–H and O–H groups in total. The molecular formula is C31H48F2O. The number of halogens is 2. The molecule has 1 aromatic carbocycles. The number of unbranched alkanes of at least 4 members (excludes halogenated alkanes) is 4. The molecule has 4 unspecified atom stereocenters. The smallest absolute Gasteiger partial charge is 0.200 e. The van der Waals surface area contributed by atoms with Crippen LogP contribution in [0.15, 0.2) is 12.1 Å². The maximum Gasteiger partial charge on any atom is 0.200 e. The average Bonchev–Trinajstić information content (AvgIpc) is 2.87. The third kappa shape index (κ3) is 6.35. The Kier molecular flexibility index (Phi) is 9.71. The van der Waals surface area contributed by atoms with Crippen LogP contribution >= 0.6 is 0 Å². The van der Waals surface area contributed by atoms with Crippen molar-refractivity contribution in [1.29, 1.82) is 0 Å². The Morgan fingerprint density at radius 2 is 1.35 bits per heavy atom. The standard InChI is InChI=1S/C31H48F2O/c1-3-5-6-7-8-9-22-10-12-23(13-11-22)24-14-15-26-21-27(17-16-25(26)20-24)28-18-19-29(34-4-2)31(33)30(28)32/h18-19,22-27H,3-17,20-21H2,1-2H3. The summed E-state index contributed by atoms with van der Waals surface area (Å²) in [7, 11) is 0. The third-order valence-corrected chi connectivity index (χ3v) is 9.74. The monoisotopic (exact) mass is 474 g/mol. The minimum Gasteiger partial charge on any atom is -0.491 e. The molecule has 1 aromatic rings. The zero-order valence-corrected chi connectivity index (χ0v) is 21.8. The van der Waals surface area contributed by atoms with Crippen LogP contribution in [0.2, 0.25) is 0 Å². The predicted molar refractivity (Wildman–Crippen MR) is 137 cm³/mol. The minimum atomic E-state index is -0.804. The lowest BCUT2D eigenvalue weighted by Gasteiger charge is -2.45. The molecule has 1 nitrogen and oxygen atoms in total. The molecule has 3 aliphatic rings. The van der Waals surface area contributed by atoms with E-state index in [1.165, 1.54) is 89.9 Å². The highest BCUT2D eigenvalue weighted by Crippen LogP contribution is 2.51. The van der Waals surface area contributed by atoms with Crippen molar-refractivity contribution in [1.82, 2.24) is 0 Å². The van der Waals surface area contributed by atoms with Crippen LogP contribution in [0.3, 0.4) is 0 Å². The van der Waals surface area contributed by atoms with E-state index in [1.54, 1.807) is 19.1 Å². The SMILES string of the molecule is CCCCCCCC1CCC(C2CCC3CC(c4ccc(OCC)c(F)c4F)CCC3C2)CC1. The molecule has 3 saturated carbocycles. The van der Waals surface area contributed by atoms with Crippen LogP contribution < -0.4 is 4.74 Å². The summed E-state index contributed by atoms with van der Waals surface area (Å²) < 4.78 is 34.5. The highest BCUT2D eigenvalue weighted by Gasteiger charge is 2.39. The second-order valence-corrected chi connectivity index (χ2v) is 11.8. The normalized spacial score (nSPS) is 31.8. The van der Waals surface area contributed by atoms with E-state index in [0.29, 0.717) is 18.1 Å². The van der Waals surface area contributed by atoms with E-state index in [0.717, 1.165) is 36.5 Å². The van der Waals surface area contributed by atoms with Crippen molar-refractivity contribution in [3.63, 3.8) is 0 Å². The highest BCUT2D eigenvalue weighted by atomic mass is 19.2. The van der Waals surface area contributed by atoms with Crippen molar-refractivity contribution in [3.8, 4) is 5.75 Å². The molecule has 0 bridgehead atoms. The van der Waals surface area contributed by atoms with Crippen molar-refractivity contribution < 1.29 is 13.5 Å². The van der Waals surface area contributed by atoms with Gasteiger partial charge >= 0.3 is 0 Å². The molecule has 4 rings (SSSR count). The molecule has 3 aliphatic carbocycles. The largest absolute Gasteiger partial charge is 0.491 e. The Bertz CT molecular complexity index is 754. The Hall–Kier alpha value is -1.12. The van der Waals surface area contributed by atoms with Crippen LogP contribution in [0.25, 0.3) is 0 Å². The van der Waals surface area contributed by atoms with Gasteiger partial charge in [-0.1, -0.05) is 64.4 Å². The van der Waals surface area contributed by atoms with Crippen molar-refractivity contribution in [2.75, 3.05) is 6.61 Å². The molecule has 192 valence electrons. The van der Waals surface area contributed by atoms with E-state index in [-0.39, 0.29) is 11.7 Å².